The molecular weight excluding hydrogens is 165 g/mol. The van der Waals surface area contributed by atoms with Crippen LogP contribution in [0.15, 0.2) is 18.2 Å². The molecule has 1 unspecified atom stereocenters. The second-order valence-electron chi connectivity index (χ2n) is 3.35. The Hall–Kier alpha value is -0.890. The summed E-state index contributed by atoms with van der Waals surface area (Å²) >= 11 is 0. The lowest BCUT2D eigenvalue weighted by Crippen LogP contribution is -2.11. The van der Waals surface area contributed by atoms with Gasteiger partial charge in [0.25, 0.3) is 0 Å². The van der Waals surface area contributed by atoms with Crippen LogP contribution in [0.1, 0.15) is 30.4 Å². The van der Waals surface area contributed by atoms with Crippen molar-refractivity contribution in [2.75, 3.05) is 6.54 Å². The lowest BCUT2D eigenvalue weighted by Gasteiger charge is -2.13. The third kappa shape index (κ3) is 2.28. The van der Waals surface area contributed by atoms with E-state index >= 15 is 0 Å². The van der Waals surface area contributed by atoms with Crippen LogP contribution in [0.5, 0.6) is 0 Å². The van der Waals surface area contributed by atoms with Gasteiger partial charge in [0.05, 0.1) is 0 Å². The smallest absolute Gasteiger partial charge is 0.126 e. The minimum atomic E-state index is -0.143. The van der Waals surface area contributed by atoms with Gasteiger partial charge in [0.2, 0.25) is 0 Å². The summed E-state index contributed by atoms with van der Waals surface area (Å²) in [6.45, 7) is 4.50. The van der Waals surface area contributed by atoms with Crippen LogP contribution >= 0.6 is 0 Å². The molecule has 1 rings (SSSR count). The second-order valence-corrected chi connectivity index (χ2v) is 3.35. The first-order valence-electron chi connectivity index (χ1n) is 4.65. The van der Waals surface area contributed by atoms with Crippen LogP contribution in [0.4, 0.5) is 4.39 Å². The van der Waals surface area contributed by atoms with Crippen LogP contribution in [-0.4, -0.2) is 6.54 Å². The van der Waals surface area contributed by atoms with Crippen LogP contribution < -0.4 is 5.73 Å². The van der Waals surface area contributed by atoms with E-state index in [0.717, 1.165) is 12.0 Å². The highest BCUT2D eigenvalue weighted by Crippen LogP contribution is 2.20. The number of nitrogens with two attached hydrogens (primary N) is 1. The Kier molecular flexibility index (Phi) is 3.43. The molecule has 0 fully saturated rings. The molecule has 72 valence electrons. The fourth-order valence-electron chi connectivity index (χ4n) is 1.46. The molecule has 0 aliphatic carbocycles. The van der Waals surface area contributed by atoms with Crippen LogP contribution in [-0.2, 0) is 0 Å². The van der Waals surface area contributed by atoms with Crippen LogP contribution in [0.25, 0.3) is 0 Å². The van der Waals surface area contributed by atoms with Gasteiger partial charge in [-0.3, -0.25) is 0 Å². The Morgan fingerprint density at radius 1 is 1.46 bits per heavy atom. The molecule has 0 radical (unpaired) electrons. The molecule has 0 bridgehead atoms. The zero-order valence-corrected chi connectivity index (χ0v) is 8.18. The average molecular weight is 181 g/mol. The highest BCUT2D eigenvalue weighted by Gasteiger charge is 2.08. The van der Waals surface area contributed by atoms with Crippen LogP contribution in [0.3, 0.4) is 0 Å². The van der Waals surface area contributed by atoms with Crippen LogP contribution in [0, 0.1) is 12.7 Å². The molecule has 2 heteroatoms. The molecule has 0 saturated heterocycles. The van der Waals surface area contributed by atoms with Gasteiger partial charge in [-0.25, -0.2) is 4.39 Å². The van der Waals surface area contributed by atoms with Crippen molar-refractivity contribution in [2.45, 2.75) is 26.2 Å². The summed E-state index contributed by atoms with van der Waals surface area (Å²) in [5.41, 5.74) is 7.45. The summed E-state index contributed by atoms with van der Waals surface area (Å²) < 4.78 is 12.9. The van der Waals surface area contributed by atoms with Crippen molar-refractivity contribution in [3.63, 3.8) is 0 Å². The second kappa shape index (κ2) is 4.38. The SMILES string of the molecule is CCC(CN)c1ccc(F)c(C)c1. The minimum absolute atomic E-state index is 0.143. The molecule has 13 heavy (non-hydrogen) atoms. The standard InChI is InChI=1S/C11H16FN/c1-3-9(7-13)10-4-5-11(12)8(2)6-10/h4-6,9H,3,7,13H2,1-2H3. The Labute approximate surface area is 78.8 Å². The van der Waals surface area contributed by atoms with Gasteiger partial charge in [-0.2, -0.15) is 0 Å². The first-order valence-corrected chi connectivity index (χ1v) is 4.65. The number of rotatable bonds is 3. The van der Waals surface area contributed by atoms with E-state index in [2.05, 4.69) is 6.92 Å². The number of benzene rings is 1. The zero-order chi connectivity index (χ0) is 9.84. The van der Waals surface area contributed by atoms with Gasteiger partial charge in [-0.1, -0.05) is 19.1 Å². The highest BCUT2D eigenvalue weighted by molar-refractivity contribution is 5.26. The van der Waals surface area contributed by atoms with Crippen molar-refractivity contribution >= 4 is 0 Å². The van der Waals surface area contributed by atoms with E-state index in [1.807, 2.05) is 12.1 Å². The minimum Gasteiger partial charge on any atom is -0.330 e. The van der Waals surface area contributed by atoms with Crippen molar-refractivity contribution in [2.24, 2.45) is 5.73 Å². The van der Waals surface area contributed by atoms with E-state index in [1.165, 1.54) is 6.07 Å². The lowest BCUT2D eigenvalue weighted by molar-refractivity contribution is 0.612. The zero-order valence-electron chi connectivity index (χ0n) is 8.18. The quantitative estimate of drug-likeness (QED) is 0.762. The van der Waals surface area contributed by atoms with Crippen molar-refractivity contribution < 1.29 is 4.39 Å². The molecule has 1 atom stereocenters. The first kappa shape index (κ1) is 10.2. The summed E-state index contributed by atoms with van der Waals surface area (Å²) in [7, 11) is 0. The van der Waals surface area contributed by atoms with Gasteiger partial charge in [-0.15, -0.1) is 0 Å². The largest absolute Gasteiger partial charge is 0.330 e. The molecule has 0 aliphatic heterocycles. The predicted molar refractivity (Wildman–Crippen MR) is 53.2 cm³/mol. The molecule has 0 saturated carbocycles. The highest BCUT2D eigenvalue weighted by atomic mass is 19.1. The van der Waals surface area contributed by atoms with Gasteiger partial charge < -0.3 is 5.73 Å². The van der Waals surface area contributed by atoms with Gasteiger partial charge >= 0.3 is 0 Å². The molecule has 0 aliphatic rings. The maximum atomic E-state index is 12.9. The average Bonchev–Trinajstić information content (AvgIpc) is 2.13. The molecule has 2 N–H and O–H groups in total. The van der Waals surface area contributed by atoms with Crippen molar-refractivity contribution in [1.29, 1.82) is 0 Å². The van der Waals surface area contributed by atoms with E-state index in [4.69, 9.17) is 5.73 Å². The van der Waals surface area contributed by atoms with Gasteiger partial charge in [-0.05, 0) is 43.0 Å². The molecule has 0 amide bonds. The van der Waals surface area contributed by atoms with Crippen molar-refractivity contribution in [1.82, 2.24) is 0 Å². The number of aryl methyl sites for hydroxylation is 1. The first-order chi connectivity index (χ1) is 6.19. The Bertz CT molecular complexity index is 279. The lowest BCUT2D eigenvalue weighted by atomic mass is 9.95. The molecule has 1 nitrogen and oxygen atoms in total. The molecule has 0 aromatic heterocycles. The third-order valence-corrected chi connectivity index (χ3v) is 2.43. The summed E-state index contributed by atoms with van der Waals surface area (Å²) in [4.78, 5) is 0. The molecule has 1 aromatic rings. The van der Waals surface area contributed by atoms with Crippen molar-refractivity contribution in [3.8, 4) is 0 Å². The van der Waals surface area contributed by atoms with Gasteiger partial charge in [0.15, 0.2) is 0 Å². The number of hydrogen-bond acceptors (Lipinski definition) is 1. The van der Waals surface area contributed by atoms with Crippen molar-refractivity contribution in [3.05, 3.63) is 35.1 Å². The monoisotopic (exact) mass is 181 g/mol. The van der Waals surface area contributed by atoms with Gasteiger partial charge in [0, 0.05) is 0 Å². The number of halogens is 1. The van der Waals surface area contributed by atoms with E-state index in [0.29, 0.717) is 18.0 Å². The Morgan fingerprint density at radius 2 is 2.15 bits per heavy atom. The maximum absolute atomic E-state index is 12.9. The van der Waals surface area contributed by atoms with E-state index in [1.54, 1.807) is 6.92 Å². The van der Waals surface area contributed by atoms with Crippen LogP contribution in [0.2, 0.25) is 0 Å². The number of hydrogen-bond donors (Lipinski definition) is 1. The molecule has 0 heterocycles. The topological polar surface area (TPSA) is 26.0 Å². The van der Waals surface area contributed by atoms with E-state index in [-0.39, 0.29) is 5.82 Å². The summed E-state index contributed by atoms with van der Waals surface area (Å²) in [5.74, 6) is 0.218. The maximum Gasteiger partial charge on any atom is 0.126 e. The Morgan fingerprint density at radius 3 is 2.62 bits per heavy atom. The summed E-state index contributed by atoms with van der Waals surface area (Å²) in [6.07, 6.45) is 1.00. The van der Waals surface area contributed by atoms with E-state index in [9.17, 15) is 4.39 Å². The molecule has 1 aromatic carbocycles. The van der Waals surface area contributed by atoms with Gasteiger partial charge in [0.1, 0.15) is 5.82 Å². The molecule has 0 spiro atoms. The fourth-order valence-corrected chi connectivity index (χ4v) is 1.46. The predicted octanol–water partition coefficient (Wildman–Crippen LogP) is 2.59. The summed E-state index contributed by atoms with van der Waals surface area (Å²) in [5, 5.41) is 0. The van der Waals surface area contributed by atoms with E-state index < -0.39 is 0 Å². The third-order valence-electron chi connectivity index (χ3n) is 2.43. The fraction of sp³-hybridized carbons (Fsp3) is 0.455. The molecular formula is C11H16FN. The normalized spacial score (nSPS) is 12.9. The summed E-state index contributed by atoms with van der Waals surface area (Å²) in [6, 6.07) is 5.22. The Balaban J connectivity index is 2.95.